The van der Waals surface area contributed by atoms with Crippen molar-refractivity contribution >= 4 is 5.97 Å². The number of nitrogens with two attached hydrogens (primary N) is 1. The number of carboxylic acids is 1. The molecule has 0 radical (unpaired) electrons. The Labute approximate surface area is 114 Å². The van der Waals surface area contributed by atoms with Crippen LogP contribution in [0.3, 0.4) is 0 Å². The Bertz CT molecular complexity index is 486. The van der Waals surface area contributed by atoms with E-state index in [9.17, 15) is 18.0 Å². The molecule has 0 saturated heterocycles. The number of hydrogen-bond donors (Lipinski definition) is 2. The molecule has 4 nitrogen and oxygen atoms in total. The zero-order chi connectivity index (χ0) is 15.6. The summed E-state index contributed by atoms with van der Waals surface area (Å²) in [6, 6.07) is 5.62. The molecule has 7 heteroatoms. The van der Waals surface area contributed by atoms with E-state index >= 15 is 0 Å². The second kappa shape index (κ2) is 5.70. The summed E-state index contributed by atoms with van der Waals surface area (Å²) in [4.78, 5) is 11.0. The molecule has 2 unspecified atom stereocenters. The van der Waals surface area contributed by atoms with E-state index in [0.29, 0.717) is 0 Å². The molecule has 1 aromatic carbocycles. The van der Waals surface area contributed by atoms with E-state index in [-0.39, 0.29) is 17.7 Å². The fourth-order valence-corrected chi connectivity index (χ4v) is 1.94. The van der Waals surface area contributed by atoms with Gasteiger partial charge in [0.2, 0.25) is 0 Å². The Balaban J connectivity index is 2.99. The van der Waals surface area contributed by atoms with Crippen LogP contribution in [0, 0.1) is 0 Å². The second-order valence-electron chi connectivity index (χ2n) is 4.91. The maximum Gasteiger partial charge on any atom is 0.573 e. The number of aliphatic carboxylic acids is 1. The van der Waals surface area contributed by atoms with E-state index in [4.69, 9.17) is 10.8 Å². The van der Waals surface area contributed by atoms with Crippen LogP contribution >= 0.6 is 0 Å². The van der Waals surface area contributed by atoms with E-state index in [1.165, 1.54) is 25.1 Å². The van der Waals surface area contributed by atoms with Gasteiger partial charge in [-0.15, -0.1) is 13.2 Å². The van der Waals surface area contributed by atoms with E-state index in [0.717, 1.165) is 0 Å². The number of para-hydroxylation sites is 1. The third kappa shape index (κ3) is 4.41. The smallest absolute Gasteiger partial charge is 0.480 e. The lowest BCUT2D eigenvalue weighted by atomic mass is 9.86. The van der Waals surface area contributed by atoms with Crippen molar-refractivity contribution in [2.45, 2.75) is 38.1 Å². The van der Waals surface area contributed by atoms with Crippen molar-refractivity contribution in [3.05, 3.63) is 29.8 Å². The number of rotatable bonds is 5. The molecule has 3 N–H and O–H groups in total. The third-order valence-corrected chi connectivity index (χ3v) is 2.89. The number of benzene rings is 1. The summed E-state index contributed by atoms with van der Waals surface area (Å²) >= 11 is 0. The molecule has 0 spiro atoms. The average Bonchev–Trinajstić information content (AvgIpc) is 2.26. The van der Waals surface area contributed by atoms with Crippen LogP contribution in [0.1, 0.15) is 31.7 Å². The monoisotopic (exact) mass is 291 g/mol. The molecule has 112 valence electrons. The highest BCUT2D eigenvalue weighted by Gasteiger charge is 2.34. The molecule has 0 amide bonds. The molecule has 0 heterocycles. The van der Waals surface area contributed by atoms with Gasteiger partial charge in [-0.1, -0.05) is 25.1 Å². The first kappa shape index (κ1) is 16.3. The van der Waals surface area contributed by atoms with Gasteiger partial charge in [-0.2, -0.15) is 0 Å². The molecule has 2 atom stereocenters. The molecule has 0 fully saturated rings. The fourth-order valence-electron chi connectivity index (χ4n) is 1.94. The molecular weight excluding hydrogens is 275 g/mol. The summed E-state index contributed by atoms with van der Waals surface area (Å²) in [5.74, 6) is -2.05. The number of hydrogen-bond acceptors (Lipinski definition) is 3. The fraction of sp³-hybridized carbons (Fsp3) is 0.462. The van der Waals surface area contributed by atoms with Crippen molar-refractivity contribution in [1.29, 1.82) is 0 Å². The molecule has 0 aromatic heterocycles. The number of ether oxygens (including phenoxy) is 1. The predicted molar refractivity (Wildman–Crippen MR) is 66.4 cm³/mol. The standard InChI is InChI=1S/C13H16F3NO3/c1-8(7-12(2,17)11(18)19)9-5-3-4-6-10(9)20-13(14,15)16/h3-6,8H,7,17H2,1-2H3,(H,18,19). The van der Waals surface area contributed by atoms with E-state index < -0.39 is 23.8 Å². The van der Waals surface area contributed by atoms with Crippen molar-refractivity contribution in [3.8, 4) is 5.75 Å². The normalized spacial score (nSPS) is 16.3. The van der Waals surface area contributed by atoms with E-state index in [1.807, 2.05) is 0 Å². The summed E-state index contributed by atoms with van der Waals surface area (Å²) in [5.41, 5.74) is 4.36. The Morgan fingerprint density at radius 2 is 1.95 bits per heavy atom. The van der Waals surface area contributed by atoms with Crippen LogP contribution in [0.2, 0.25) is 0 Å². The zero-order valence-corrected chi connectivity index (χ0v) is 11.1. The number of carbonyl (C=O) groups is 1. The van der Waals surface area contributed by atoms with Crippen LogP contribution in [-0.2, 0) is 4.79 Å². The summed E-state index contributed by atoms with van der Waals surface area (Å²) in [5, 5.41) is 8.96. The van der Waals surface area contributed by atoms with Gasteiger partial charge in [-0.25, -0.2) is 0 Å². The summed E-state index contributed by atoms with van der Waals surface area (Å²) < 4.78 is 40.9. The highest BCUT2D eigenvalue weighted by Crippen LogP contribution is 2.34. The molecule has 1 aromatic rings. The molecule has 0 aliphatic carbocycles. The first-order valence-electron chi connectivity index (χ1n) is 5.90. The molecule has 1 rings (SSSR count). The maximum absolute atomic E-state index is 12.3. The zero-order valence-electron chi connectivity index (χ0n) is 11.1. The highest BCUT2D eigenvalue weighted by molar-refractivity contribution is 5.78. The topological polar surface area (TPSA) is 72.6 Å². The van der Waals surface area contributed by atoms with Crippen LogP contribution in [0.15, 0.2) is 24.3 Å². The van der Waals surface area contributed by atoms with Gasteiger partial charge in [0.25, 0.3) is 0 Å². The van der Waals surface area contributed by atoms with E-state index in [2.05, 4.69) is 4.74 Å². The molecule has 0 bridgehead atoms. The lowest BCUT2D eigenvalue weighted by Crippen LogP contribution is -2.45. The molecule has 0 aliphatic rings. The van der Waals surface area contributed by atoms with E-state index in [1.54, 1.807) is 13.0 Å². The Kier molecular flexibility index (Phi) is 4.65. The van der Waals surface area contributed by atoms with Gasteiger partial charge < -0.3 is 15.6 Å². The SMILES string of the molecule is CC(CC(C)(N)C(=O)O)c1ccccc1OC(F)(F)F. The number of alkyl halides is 3. The second-order valence-corrected chi connectivity index (χ2v) is 4.91. The average molecular weight is 291 g/mol. The number of carboxylic acid groups (broad SMARTS) is 1. The quantitative estimate of drug-likeness (QED) is 0.875. The largest absolute Gasteiger partial charge is 0.573 e. The first-order chi connectivity index (χ1) is 9.03. The molecule has 0 aliphatic heterocycles. The third-order valence-electron chi connectivity index (χ3n) is 2.89. The van der Waals surface area contributed by atoms with Gasteiger partial charge in [-0.3, -0.25) is 4.79 Å². The van der Waals surface area contributed by atoms with Gasteiger partial charge in [0.05, 0.1) is 0 Å². The minimum absolute atomic E-state index is 0.0133. The van der Waals surface area contributed by atoms with Crippen LogP contribution < -0.4 is 10.5 Å². The molecular formula is C13H16F3NO3. The van der Waals surface area contributed by atoms with Crippen molar-refractivity contribution < 1.29 is 27.8 Å². The van der Waals surface area contributed by atoms with Crippen molar-refractivity contribution in [2.75, 3.05) is 0 Å². The maximum atomic E-state index is 12.3. The first-order valence-corrected chi connectivity index (χ1v) is 5.90. The summed E-state index contributed by atoms with van der Waals surface area (Å²) in [7, 11) is 0. The highest BCUT2D eigenvalue weighted by atomic mass is 19.4. The van der Waals surface area contributed by atoms with Gasteiger partial charge in [-0.05, 0) is 30.9 Å². The molecule has 20 heavy (non-hydrogen) atoms. The van der Waals surface area contributed by atoms with Crippen molar-refractivity contribution in [1.82, 2.24) is 0 Å². The summed E-state index contributed by atoms with van der Waals surface area (Å²) in [6.45, 7) is 2.92. The van der Waals surface area contributed by atoms with Gasteiger partial charge in [0.1, 0.15) is 11.3 Å². The van der Waals surface area contributed by atoms with Gasteiger partial charge in [0.15, 0.2) is 0 Å². The Morgan fingerprint density at radius 1 is 1.40 bits per heavy atom. The van der Waals surface area contributed by atoms with Crippen LogP contribution in [0.25, 0.3) is 0 Å². The van der Waals surface area contributed by atoms with Crippen LogP contribution in [0.4, 0.5) is 13.2 Å². The van der Waals surface area contributed by atoms with Crippen molar-refractivity contribution in [2.24, 2.45) is 5.73 Å². The number of halogens is 3. The molecule has 0 saturated carbocycles. The lowest BCUT2D eigenvalue weighted by Gasteiger charge is -2.25. The summed E-state index contributed by atoms with van der Waals surface area (Å²) in [6.07, 6.45) is -4.81. The van der Waals surface area contributed by atoms with Crippen molar-refractivity contribution in [3.63, 3.8) is 0 Å². The minimum Gasteiger partial charge on any atom is -0.480 e. The predicted octanol–water partition coefficient (Wildman–Crippen LogP) is 2.88. The minimum atomic E-state index is -4.80. The Hall–Kier alpha value is -1.76. The van der Waals surface area contributed by atoms with Gasteiger partial charge in [0, 0.05) is 0 Å². The Morgan fingerprint density at radius 3 is 2.45 bits per heavy atom. The van der Waals surface area contributed by atoms with Crippen LogP contribution in [-0.4, -0.2) is 23.0 Å². The van der Waals surface area contributed by atoms with Gasteiger partial charge >= 0.3 is 12.3 Å². The lowest BCUT2D eigenvalue weighted by molar-refractivity contribution is -0.275. The van der Waals surface area contributed by atoms with Crippen LogP contribution in [0.5, 0.6) is 5.75 Å².